The highest BCUT2D eigenvalue weighted by Gasteiger charge is 2.35. The summed E-state index contributed by atoms with van der Waals surface area (Å²) in [5, 5.41) is 1.13. The number of para-hydroxylation sites is 1. The second kappa shape index (κ2) is 14.8. The van der Waals surface area contributed by atoms with Gasteiger partial charge in [0.1, 0.15) is 17.4 Å². The third-order valence-electron chi connectivity index (χ3n) is 11.8. The number of fused-ring (bicyclic) bond motifs is 5. The Morgan fingerprint density at radius 2 is 0.900 bits per heavy atom. The van der Waals surface area contributed by atoms with Crippen LogP contribution >= 0.6 is 0 Å². The molecule has 0 saturated carbocycles. The molecule has 4 heteroatoms. The predicted octanol–water partition coefficient (Wildman–Crippen LogP) is 14.4. The van der Waals surface area contributed by atoms with Gasteiger partial charge in [-0.25, -0.2) is 9.97 Å². The van der Waals surface area contributed by atoms with Crippen LogP contribution in [0.2, 0.25) is 0 Å². The van der Waals surface area contributed by atoms with Gasteiger partial charge in [0, 0.05) is 45.9 Å². The minimum atomic E-state index is -0.0435. The van der Waals surface area contributed by atoms with Gasteiger partial charge in [-0.15, -0.1) is 0 Å². The average Bonchev–Trinajstić information content (AvgIpc) is 3.72. The van der Waals surface area contributed by atoms with E-state index in [0.29, 0.717) is 5.82 Å². The van der Waals surface area contributed by atoms with E-state index in [1.54, 1.807) is 0 Å². The molecular weight excluding hydrogens is 731 g/mol. The van der Waals surface area contributed by atoms with E-state index in [0.717, 1.165) is 67.1 Å². The lowest BCUT2D eigenvalue weighted by Crippen LogP contribution is -2.28. The second-order valence-corrected chi connectivity index (χ2v) is 15.4. The fraction of sp³-hybridized carbons (Fsp3) is 0.0357. The van der Waals surface area contributed by atoms with E-state index in [9.17, 15) is 0 Å². The molecule has 3 heterocycles. The molecular formula is C56H39N3O. The van der Waals surface area contributed by atoms with Crippen LogP contribution in [0.5, 0.6) is 0 Å². The fourth-order valence-electron chi connectivity index (χ4n) is 8.72. The molecule has 1 unspecified atom stereocenters. The summed E-state index contributed by atoms with van der Waals surface area (Å²) in [6.45, 7) is 0. The van der Waals surface area contributed by atoms with E-state index in [1.165, 1.54) is 33.5 Å². The average molecular weight is 770 g/mol. The van der Waals surface area contributed by atoms with E-state index in [2.05, 4.69) is 206 Å². The monoisotopic (exact) mass is 769 g/mol. The minimum absolute atomic E-state index is 0.0435. The largest absolute Gasteiger partial charge is 0.458 e. The van der Waals surface area contributed by atoms with Gasteiger partial charge in [0.15, 0.2) is 5.82 Å². The molecule has 8 aromatic carbocycles. The highest BCUT2D eigenvalue weighted by molar-refractivity contribution is 6.02. The zero-order valence-electron chi connectivity index (χ0n) is 33.0. The first-order valence-corrected chi connectivity index (χ1v) is 20.4. The van der Waals surface area contributed by atoms with Gasteiger partial charge >= 0.3 is 0 Å². The number of aromatic nitrogens is 2. The van der Waals surface area contributed by atoms with Crippen molar-refractivity contribution in [1.29, 1.82) is 0 Å². The molecule has 284 valence electrons. The van der Waals surface area contributed by atoms with E-state index < -0.39 is 0 Å². The summed E-state index contributed by atoms with van der Waals surface area (Å²) < 4.78 is 6.70. The fourth-order valence-corrected chi connectivity index (χ4v) is 8.72. The minimum Gasteiger partial charge on any atom is -0.458 e. The Bertz CT molecular complexity index is 3040. The number of furan rings is 1. The number of rotatable bonds is 7. The van der Waals surface area contributed by atoms with Gasteiger partial charge in [0.05, 0.1) is 11.4 Å². The Balaban J connectivity index is 1.01. The van der Waals surface area contributed by atoms with Crippen molar-refractivity contribution in [2.45, 2.75) is 6.04 Å². The molecule has 0 radical (unpaired) electrons. The lowest BCUT2D eigenvalue weighted by molar-refractivity contribution is 0.514. The van der Waals surface area contributed by atoms with Gasteiger partial charge in [0.2, 0.25) is 0 Å². The maximum atomic E-state index is 6.70. The molecule has 0 amide bonds. The molecule has 0 N–H and O–H groups in total. The first kappa shape index (κ1) is 35.4. The molecule has 0 spiro atoms. The first-order valence-electron chi connectivity index (χ1n) is 20.4. The lowest BCUT2D eigenvalue weighted by atomic mass is 9.87. The zero-order valence-corrected chi connectivity index (χ0v) is 33.0. The number of hydrogen-bond acceptors (Lipinski definition) is 4. The third-order valence-corrected chi connectivity index (χ3v) is 11.8. The van der Waals surface area contributed by atoms with Crippen molar-refractivity contribution in [3.8, 4) is 78.4 Å². The Kier molecular flexibility index (Phi) is 8.75. The maximum absolute atomic E-state index is 6.70. The number of benzene rings is 8. The lowest BCUT2D eigenvalue weighted by Gasteiger charge is -2.35. The first-order chi connectivity index (χ1) is 29.6. The third kappa shape index (κ3) is 6.36. The molecule has 1 atom stereocenters. The maximum Gasteiger partial charge on any atom is 0.160 e. The number of nitrogens with zero attached hydrogens (tertiary/aromatic N) is 3. The summed E-state index contributed by atoms with van der Waals surface area (Å²) in [5.74, 6) is 1.64. The molecule has 0 bridgehead atoms. The summed E-state index contributed by atoms with van der Waals surface area (Å²) in [5.41, 5.74) is 17.2. The summed E-state index contributed by atoms with van der Waals surface area (Å²) in [6, 6.07) is 74.8. The Morgan fingerprint density at radius 1 is 0.417 bits per heavy atom. The normalized spacial score (nSPS) is 13.2. The van der Waals surface area contributed by atoms with Gasteiger partial charge in [-0.05, 0) is 69.3 Å². The van der Waals surface area contributed by atoms with Crippen LogP contribution in [-0.4, -0.2) is 17.0 Å². The highest BCUT2D eigenvalue weighted by Crippen LogP contribution is 2.51. The van der Waals surface area contributed by atoms with Gasteiger partial charge in [0.25, 0.3) is 0 Å². The van der Waals surface area contributed by atoms with Crippen LogP contribution in [0.15, 0.2) is 217 Å². The molecule has 0 saturated heterocycles. The van der Waals surface area contributed by atoms with Crippen molar-refractivity contribution in [1.82, 2.24) is 9.97 Å². The van der Waals surface area contributed by atoms with Crippen LogP contribution in [0.25, 0.3) is 89.4 Å². The molecule has 2 aromatic heterocycles. The molecule has 0 fully saturated rings. The van der Waals surface area contributed by atoms with Crippen LogP contribution in [0.3, 0.4) is 0 Å². The SMILES string of the molecule is CN1c2ccc(-c3cccc(-c4nc(-c5ccc(-c6ccccc6)cc5)cc(-c5ccc(-c6ccccc6)cc5)n4)c3)cc2-c2c(oc3ccccc23)C1c1ccccc1. The van der Waals surface area contributed by atoms with Gasteiger partial charge < -0.3 is 9.32 Å². The molecule has 4 nitrogen and oxygen atoms in total. The van der Waals surface area contributed by atoms with Crippen LogP contribution in [0.4, 0.5) is 5.69 Å². The van der Waals surface area contributed by atoms with Crippen molar-refractivity contribution in [3.05, 3.63) is 224 Å². The van der Waals surface area contributed by atoms with E-state index >= 15 is 0 Å². The van der Waals surface area contributed by atoms with Crippen molar-refractivity contribution >= 4 is 16.7 Å². The van der Waals surface area contributed by atoms with Crippen LogP contribution in [-0.2, 0) is 0 Å². The second-order valence-electron chi connectivity index (χ2n) is 15.4. The van der Waals surface area contributed by atoms with Gasteiger partial charge in [-0.2, -0.15) is 0 Å². The molecule has 0 aliphatic carbocycles. The van der Waals surface area contributed by atoms with E-state index in [4.69, 9.17) is 14.4 Å². The summed E-state index contributed by atoms with van der Waals surface area (Å²) in [4.78, 5) is 12.8. The Hall–Kier alpha value is -7.82. The van der Waals surface area contributed by atoms with Crippen LogP contribution in [0.1, 0.15) is 17.4 Å². The Labute approximate surface area is 349 Å². The van der Waals surface area contributed by atoms with Crippen molar-refractivity contribution in [3.63, 3.8) is 0 Å². The topological polar surface area (TPSA) is 42.2 Å². The van der Waals surface area contributed by atoms with Gasteiger partial charge in [-0.3, -0.25) is 0 Å². The molecule has 60 heavy (non-hydrogen) atoms. The molecule has 1 aliphatic rings. The molecule has 10 aromatic rings. The van der Waals surface area contributed by atoms with Crippen molar-refractivity contribution in [2.75, 3.05) is 11.9 Å². The molecule has 1 aliphatic heterocycles. The summed E-state index contributed by atoms with van der Waals surface area (Å²) in [6.07, 6.45) is 0. The smallest absolute Gasteiger partial charge is 0.160 e. The number of hydrogen-bond donors (Lipinski definition) is 0. The number of anilines is 1. The van der Waals surface area contributed by atoms with Crippen LogP contribution < -0.4 is 4.90 Å². The van der Waals surface area contributed by atoms with Gasteiger partial charge in [-0.1, -0.05) is 182 Å². The van der Waals surface area contributed by atoms with Crippen LogP contribution in [0, 0.1) is 0 Å². The van der Waals surface area contributed by atoms with Crippen molar-refractivity contribution < 1.29 is 4.42 Å². The summed E-state index contributed by atoms with van der Waals surface area (Å²) in [7, 11) is 2.17. The standard InChI is InChI=1S/C56H39N3O/c1-59-51-33-32-45(35-48(51)53-47-22-11-12-23-52(47)60-55(53)54(59)43-18-9-4-10-19-43)44-20-13-21-46(34-44)56-57-49(41-28-24-39(25-29-41)37-14-5-2-6-15-37)36-50(58-56)42-30-26-40(27-31-42)38-16-7-3-8-17-38/h2-36,54H,1H3. The molecule has 11 rings (SSSR count). The quantitative estimate of drug-likeness (QED) is 0.162. The predicted molar refractivity (Wildman–Crippen MR) is 247 cm³/mol. The van der Waals surface area contributed by atoms with Crippen molar-refractivity contribution in [2.24, 2.45) is 0 Å². The zero-order chi connectivity index (χ0) is 40.0. The van der Waals surface area contributed by atoms with E-state index in [-0.39, 0.29) is 6.04 Å². The van der Waals surface area contributed by atoms with E-state index in [1.807, 2.05) is 18.2 Å². The Morgan fingerprint density at radius 3 is 1.53 bits per heavy atom. The highest BCUT2D eigenvalue weighted by atomic mass is 16.3. The summed E-state index contributed by atoms with van der Waals surface area (Å²) >= 11 is 0.